The zero-order valence-corrected chi connectivity index (χ0v) is 17.2. The molecule has 1 aliphatic rings. The van der Waals surface area contributed by atoms with E-state index in [1.165, 1.54) is 18.2 Å². The number of ether oxygens (including phenoxy) is 1. The average Bonchev–Trinajstić information content (AvgIpc) is 2.73. The van der Waals surface area contributed by atoms with Crippen LogP contribution in [0.2, 0.25) is 0 Å². The molecule has 0 saturated carbocycles. The number of hydrogen-bond acceptors (Lipinski definition) is 4. The number of hydrogen-bond donors (Lipinski definition) is 2. The fourth-order valence-electron chi connectivity index (χ4n) is 3.31. The molecule has 3 rings (SSSR count). The molecule has 156 valence electrons. The maximum Gasteiger partial charge on any atom is 0.256 e. The molecule has 0 aromatic heterocycles. The molecule has 1 unspecified atom stereocenters. The summed E-state index contributed by atoms with van der Waals surface area (Å²) in [4.78, 5) is 27.3. The number of rotatable bonds is 5. The average molecular weight is 422 g/mol. The normalized spacial score (nSPS) is 16.0. The van der Waals surface area contributed by atoms with Crippen LogP contribution >= 0.6 is 12.4 Å². The van der Waals surface area contributed by atoms with Gasteiger partial charge in [-0.1, -0.05) is 0 Å². The summed E-state index contributed by atoms with van der Waals surface area (Å²) < 4.78 is 18.9. The van der Waals surface area contributed by atoms with Gasteiger partial charge in [-0.25, -0.2) is 4.39 Å². The number of methoxy groups -OCH3 is 1. The van der Waals surface area contributed by atoms with Crippen LogP contribution in [0.15, 0.2) is 42.5 Å². The fourth-order valence-corrected chi connectivity index (χ4v) is 3.31. The number of halogens is 2. The number of amides is 2. The lowest BCUT2D eigenvalue weighted by Gasteiger charge is -2.33. The van der Waals surface area contributed by atoms with Gasteiger partial charge in [-0.15, -0.1) is 12.4 Å². The second-order valence-corrected chi connectivity index (χ2v) is 6.75. The standard InChI is InChI=1S/C21H24FN3O3.ClH/c1-23-16-4-3-11-25(13-16)21(27)18-10-7-15(22)12-19(18)24-20(26)14-5-8-17(28-2)9-6-14;/h5-10,12,16,23H,3-4,11,13H2,1-2H3,(H,24,26);1H. The van der Waals surface area contributed by atoms with Crippen molar-refractivity contribution in [1.29, 1.82) is 0 Å². The fraction of sp³-hybridized carbons (Fsp3) is 0.333. The maximum absolute atomic E-state index is 13.8. The monoisotopic (exact) mass is 421 g/mol. The Hall–Kier alpha value is -2.64. The van der Waals surface area contributed by atoms with E-state index >= 15 is 0 Å². The van der Waals surface area contributed by atoms with Crippen LogP contribution in [0.4, 0.5) is 10.1 Å². The van der Waals surface area contributed by atoms with Crippen molar-refractivity contribution in [1.82, 2.24) is 10.2 Å². The summed E-state index contributed by atoms with van der Waals surface area (Å²) in [6.45, 7) is 1.22. The lowest BCUT2D eigenvalue weighted by molar-refractivity contribution is 0.0699. The third-order valence-electron chi connectivity index (χ3n) is 4.93. The van der Waals surface area contributed by atoms with Gasteiger partial charge >= 0.3 is 0 Å². The predicted molar refractivity (Wildman–Crippen MR) is 113 cm³/mol. The Kier molecular flexibility index (Phi) is 7.99. The van der Waals surface area contributed by atoms with E-state index in [9.17, 15) is 14.0 Å². The number of anilines is 1. The summed E-state index contributed by atoms with van der Waals surface area (Å²) >= 11 is 0. The topological polar surface area (TPSA) is 70.7 Å². The van der Waals surface area contributed by atoms with E-state index in [0.717, 1.165) is 12.8 Å². The molecule has 0 bridgehead atoms. The zero-order chi connectivity index (χ0) is 20.1. The third kappa shape index (κ3) is 5.46. The molecule has 1 heterocycles. The van der Waals surface area contributed by atoms with Gasteiger partial charge in [0.05, 0.1) is 18.4 Å². The molecule has 1 saturated heterocycles. The number of piperidine rings is 1. The molecule has 6 nitrogen and oxygen atoms in total. The van der Waals surface area contributed by atoms with Gasteiger partial charge in [-0.2, -0.15) is 0 Å². The van der Waals surface area contributed by atoms with Crippen molar-refractivity contribution in [2.45, 2.75) is 18.9 Å². The summed E-state index contributed by atoms with van der Waals surface area (Å²) in [5.74, 6) is -0.533. The van der Waals surface area contributed by atoms with E-state index in [1.54, 1.807) is 36.3 Å². The first-order chi connectivity index (χ1) is 13.5. The Morgan fingerprint density at radius 1 is 1.17 bits per heavy atom. The van der Waals surface area contributed by atoms with Gasteiger partial charge in [0, 0.05) is 24.7 Å². The highest BCUT2D eigenvalue weighted by Gasteiger charge is 2.26. The second kappa shape index (κ2) is 10.2. The van der Waals surface area contributed by atoms with Crippen LogP contribution in [0.3, 0.4) is 0 Å². The molecule has 1 aliphatic heterocycles. The molecule has 8 heteroatoms. The minimum Gasteiger partial charge on any atom is -0.497 e. The zero-order valence-electron chi connectivity index (χ0n) is 16.4. The van der Waals surface area contributed by atoms with Crippen LogP contribution in [-0.4, -0.2) is 50.0 Å². The summed E-state index contributed by atoms with van der Waals surface area (Å²) in [6, 6.07) is 10.6. The molecule has 0 spiro atoms. The molecule has 1 fully saturated rings. The molecule has 2 aromatic carbocycles. The van der Waals surface area contributed by atoms with Gasteiger partial charge in [0.2, 0.25) is 0 Å². The number of benzene rings is 2. The first-order valence-corrected chi connectivity index (χ1v) is 9.23. The van der Waals surface area contributed by atoms with Gasteiger partial charge in [0.1, 0.15) is 11.6 Å². The van der Waals surface area contributed by atoms with Crippen molar-refractivity contribution in [2.75, 3.05) is 32.6 Å². The van der Waals surface area contributed by atoms with Gasteiger partial charge < -0.3 is 20.3 Å². The Balaban J connectivity index is 0.00000300. The van der Waals surface area contributed by atoms with E-state index < -0.39 is 11.7 Å². The first kappa shape index (κ1) is 22.6. The number of carbonyl (C=O) groups is 2. The van der Waals surface area contributed by atoms with Crippen LogP contribution in [0, 0.1) is 5.82 Å². The number of likely N-dealkylation sites (N-methyl/N-ethyl adjacent to an activating group) is 1. The van der Waals surface area contributed by atoms with Crippen LogP contribution in [0.1, 0.15) is 33.6 Å². The van der Waals surface area contributed by atoms with E-state index in [4.69, 9.17) is 4.74 Å². The van der Waals surface area contributed by atoms with E-state index in [0.29, 0.717) is 24.4 Å². The Morgan fingerprint density at radius 3 is 2.55 bits per heavy atom. The first-order valence-electron chi connectivity index (χ1n) is 9.23. The van der Waals surface area contributed by atoms with Crippen molar-refractivity contribution in [3.05, 3.63) is 59.4 Å². The second-order valence-electron chi connectivity index (χ2n) is 6.75. The Bertz CT molecular complexity index is 861. The van der Waals surface area contributed by atoms with Crippen molar-refractivity contribution < 1.29 is 18.7 Å². The van der Waals surface area contributed by atoms with Crippen LogP contribution in [0.25, 0.3) is 0 Å². The number of carbonyl (C=O) groups excluding carboxylic acids is 2. The molecule has 0 aliphatic carbocycles. The molecule has 0 radical (unpaired) electrons. The molecule has 1 atom stereocenters. The minimum absolute atomic E-state index is 0. The summed E-state index contributed by atoms with van der Waals surface area (Å²) in [5, 5.41) is 5.86. The quantitative estimate of drug-likeness (QED) is 0.776. The van der Waals surface area contributed by atoms with Crippen LogP contribution in [-0.2, 0) is 0 Å². The smallest absolute Gasteiger partial charge is 0.256 e. The van der Waals surface area contributed by atoms with Gasteiger partial charge in [-0.3, -0.25) is 9.59 Å². The van der Waals surface area contributed by atoms with Crippen molar-refractivity contribution in [3.63, 3.8) is 0 Å². The van der Waals surface area contributed by atoms with Gasteiger partial charge in [0.25, 0.3) is 11.8 Å². The number of likely N-dealkylation sites (tertiary alicyclic amines) is 1. The summed E-state index contributed by atoms with van der Waals surface area (Å²) in [6.07, 6.45) is 1.90. The van der Waals surface area contributed by atoms with Gasteiger partial charge in [-0.05, 0) is 62.4 Å². The molecular formula is C21H25ClFN3O3. The summed E-state index contributed by atoms with van der Waals surface area (Å²) in [5.41, 5.74) is 0.828. The predicted octanol–water partition coefficient (Wildman–Crippen LogP) is 3.33. The van der Waals surface area contributed by atoms with Crippen molar-refractivity contribution in [3.8, 4) is 5.75 Å². The van der Waals surface area contributed by atoms with Crippen LogP contribution < -0.4 is 15.4 Å². The lowest BCUT2D eigenvalue weighted by Crippen LogP contribution is -2.47. The van der Waals surface area contributed by atoms with E-state index in [-0.39, 0.29) is 35.6 Å². The molecule has 29 heavy (non-hydrogen) atoms. The Morgan fingerprint density at radius 2 is 1.90 bits per heavy atom. The highest BCUT2D eigenvalue weighted by molar-refractivity contribution is 6.09. The minimum atomic E-state index is -0.520. The molecule has 2 aromatic rings. The molecule has 2 amide bonds. The highest BCUT2D eigenvalue weighted by Crippen LogP contribution is 2.23. The largest absolute Gasteiger partial charge is 0.497 e. The molecule has 2 N–H and O–H groups in total. The molecular weight excluding hydrogens is 397 g/mol. The van der Waals surface area contributed by atoms with Crippen LogP contribution in [0.5, 0.6) is 5.75 Å². The van der Waals surface area contributed by atoms with Crippen molar-refractivity contribution >= 4 is 29.9 Å². The highest BCUT2D eigenvalue weighted by atomic mass is 35.5. The third-order valence-corrected chi connectivity index (χ3v) is 4.93. The van der Waals surface area contributed by atoms with Crippen molar-refractivity contribution in [2.24, 2.45) is 0 Å². The summed E-state index contributed by atoms with van der Waals surface area (Å²) in [7, 11) is 3.41. The maximum atomic E-state index is 13.8. The van der Waals surface area contributed by atoms with Gasteiger partial charge in [0.15, 0.2) is 0 Å². The number of nitrogens with zero attached hydrogens (tertiary/aromatic N) is 1. The lowest BCUT2D eigenvalue weighted by atomic mass is 10.0. The number of nitrogens with one attached hydrogen (secondary N) is 2. The van der Waals surface area contributed by atoms with E-state index in [2.05, 4.69) is 10.6 Å². The Labute approximate surface area is 175 Å². The van der Waals surface area contributed by atoms with E-state index in [1.807, 2.05) is 7.05 Å². The SMILES string of the molecule is CNC1CCCN(C(=O)c2ccc(F)cc2NC(=O)c2ccc(OC)cc2)C1.Cl.